The van der Waals surface area contributed by atoms with E-state index in [0.29, 0.717) is 12.1 Å². The largest absolute Gasteiger partial charge is 0.448 e. The van der Waals surface area contributed by atoms with Gasteiger partial charge >= 0.3 is 0 Å². The van der Waals surface area contributed by atoms with Gasteiger partial charge in [-0.15, -0.1) is 0 Å². The first-order chi connectivity index (χ1) is 7.75. The lowest BCUT2D eigenvalue weighted by Crippen LogP contribution is -2.23. The Morgan fingerprint density at radius 2 is 2.44 bits per heavy atom. The minimum absolute atomic E-state index is 0.325. The van der Waals surface area contributed by atoms with Crippen LogP contribution in [0.25, 0.3) is 0 Å². The molecular weight excluding hydrogens is 204 g/mol. The van der Waals surface area contributed by atoms with E-state index in [-0.39, 0.29) is 0 Å². The molecule has 90 valence electrons. The van der Waals surface area contributed by atoms with Crippen LogP contribution in [0, 0.1) is 0 Å². The molecule has 0 radical (unpaired) electrons. The number of oxazole rings is 1. The van der Waals surface area contributed by atoms with Gasteiger partial charge in [0.1, 0.15) is 5.76 Å². The maximum Gasteiger partial charge on any atom is 0.181 e. The normalized spacial score (nSPS) is 20.8. The van der Waals surface area contributed by atoms with E-state index >= 15 is 0 Å². The minimum atomic E-state index is 0.325. The fraction of sp³-hybridized carbons (Fsp3) is 0.750. The third-order valence-corrected chi connectivity index (χ3v) is 2.84. The van der Waals surface area contributed by atoms with Gasteiger partial charge in [0, 0.05) is 25.6 Å². The van der Waals surface area contributed by atoms with Crippen molar-refractivity contribution in [3.8, 4) is 0 Å². The molecule has 1 saturated heterocycles. The summed E-state index contributed by atoms with van der Waals surface area (Å²) in [7, 11) is 0. The summed E-state index contributed by atoms with van der Waals surface area (Å²) in [6.45, 7) is 5.91. The van der Waals surface area contributed by atoms with E-state index in [0.717, 1.165) is 37.4 Å². The monoisotopic (exact) mass is 224 g/mol. The van der Waals surface area contributed by atoms with Gasteiger partial charge in [0.15, 0.2) is 6.39 Å². The lowest BCUT2D eigenvalue weighted by molar-refractivity contribution is 0.106. The molecule has 16 heavy (non-hydrogen) atoms. The Kier molecular flexibility index (Phi) is 3.96. The van der Waals surface area contributed by atoms with Crippen molar-refractivity contribution in [1.29, 1.82) is 0 Å². The SMILES string of the molecule is CC(C)NCc1ncoc1CC1CCCO1. The first kappa shape index (κ1) is 11.6. The number of ether oxygens (including phenoxy) is 1. The molecule has 0 aliphatic carbocycles. The molecule has 1 aromatic rings. The van der Waals surface area contributed by atoms with Gasteiger partial charge in [0.05, 0.1) is 11.8 Å². The number of hydrogen-bond acceptors (Lipinski definition) is 4. The quantitative estimate of drug-likeness (QED) is 0.829. The lowest BCUT2D eigenvalue weighted by atomic mass is 10.1. The van der Waals surface area contributed by atoms with E-state index in [9.17, 15) is 0 Å². The predicted molar refractivity (Wildman–Crippen MR) is 61.2 cm³/mol. The van der Waals surface area contributed by atoms with Crippen molar-refractivity contribution in [1.82, 2.24) is 10.3 Å². The third-order valence-electron chi connectivity index (χ3n) is 2.84. The molecule has 0 aromatic carbocycles. The number of rotatable bonds is 5. The predicted octanol–water partition coefficient (Wildman–Crippen LogP) is 1.89. The lowest BCUT2D eigenvalue weighted by Gasteiger charge is -2.09. The summed E-state index contributed by atoms with van der Waals surface area (Å²) in [6, 6.07) is 0.465. The zero-order valence-electron chi connectivity index (χ0n) is 10.0. The Balaban J connectivity index is 1.90. The molecule has 4 nitrogen and oxygen atoms in total. The van der Waals surface area contributed by atoms with Crippen molar-refractivity contribution >= 4 is 0 Å². The molecule has 0 saturated carbocycles. The number of nitrogens with zero attached hydrogens (tertiary/aromatic N) is 1. The maximum absolute atomic E-state index is 5.60. The molecule has 1 aliphatic heterocycles. The summed E-state index contributed by atoms with van der Waals surface area (Å²) in [5, 5.41) is 3.35. The highest BCUT2D eigenvalue weighted by atomic mass is 16.5. The fourth-order valence-corrected chi connectivity index (χ4v) is 1.92. The Morgan fingerprint density at radius 3 is 3.12 bits per heavy atom. The molecule has 1 atom stereocenters. The number of nitrogens with one attached hydrogen (secondary N) is 1. The van der Waals surface area contributed by atoms with Crippen LogP contribution in [-0.2, 0) is 17.7 Å². The van der Waals surface area contributed by atoms with E-state index in [4.69, 9.17) is 9.15 Å². The molecule has 1 N–H and O–H groups in total. The van der Waals surface area contributed by atoms with Crippen LogP contribution in [-0.4, -0.2) is 23.7 Å². The van der Waals surface area contributed by atoms with Crippen molar-refractivity contribution in [2.75, 3.05) is 6.61 Å². The van der Waals surface area contributed by atoms with Gasteiger partial charge in [-0.25, -0.2) is 4.98 Å². The van der Waals surface area contributed by atoms with E-state index in [1.165, 1.54) is 12.8 Å². The second-order valence-corrected chi connectivity index (χ2v) is 4.60. The zero-order valence-corrected chi connectivity index (χ0v) is 10.0. The number of hydrogen-bond donors (Lipinski definition) is 1. The summed E-state index contributed by atoms with van der Waals surface area (Å²) in [4.78, 5) is 4.25. The molecule has 2 rings (SSSR count). The van der Waals surface area contributed by atoms with Crippen LogP contribution in [0.15, 0.2) is 10.8 Å². The van der Waals surface area contributed by atoms with Crippen molar-refractivity contribution in [3.05, 3.63) is 17.8 Å². The van der Waals surface area contributed by atoms with Gasteiger partial charge in [0.2, 0.25) is 0 Å². The first-order valence-corrected chi connectivity index (χ1v) is 6.02. The van der Waals surface area contributed by atoms with Crippen molar-refractivity contribution in [2.24, 2.45) is 0 Å². The number of aromatic nitrogens is 1. The molecular formula is C12H20N2O2. The summed E-state index contributed by atoms with van der Waals surface area (Å²) in [6.07, 6.45) is 5.01. The molecule has 1 fully saturated rings. The second-order valence-electron chi connectivity index (χ2n) is 4.60. The molecule has 0 bridgehead atoms. The Bertz CT molecular complexity index is 317. The van der Waals surface area contributed by atoms with E-state index in [1.807, 2.05) is 0 Å². The smallest absolute Gasteiger partial charge is 0.181 e. The highest BCUT2D eigenvalue weighted by molar-refractivity contribution is 5.08. The van der Waals surface area contributed by atoms with Crippen LogP contribution < -0.4 is 5.32 Å². The highest BCUT2D eigenvalue weighted by Crippen LogP contribution is 2.19. The van der Waals surface area contributed by atoms with E-state index in [1.54, 1.807) is 0 Å². The van der Waals surface area contributed by atoms with Gasteiger partial charge in [0.25, 0.3) is 0 Å². The van der Waals surface area contributed by atoms with Gasteiger partial charge in [-0.3, -0.25) is 0 Å². The Hall–Kier alpha value is -0.870. The van der Waals surface area contributed by atoms with Crippen LogP contribution in [0.1, 0.15) is 38.1 Å². The first-order valence-electron chi connectivity index (χ1n) is 6.02. The van der Waals surface area contributed by atoms with E-state index < -0.39 is 0 Å². The molecule has 4 heteroatoms. The summed E-state index contributed by atoms with van der Waals surface area (Å²) in [5.74, 6) is 0.972. The molecule has 0 spiro atoms. The fourth-order valence-electron chi connectivity index (χ4n) is 1.92. The molecule has 0 amide bonds. The molecule has 1 aromatic heterocycles. The Morgan fingerprint density at radius 1 is 1.56 bits per heavy atom. The zero-order chi connectivity index (χ0) is 11.4. The third kappa shape index (κ3) is 3.06. The van der Waals surface area contributed by atoms with Crippen LogP contribution >= 0.6 is 0 Å². The highest BCUT2D eigenvalue weighted by Gasteiger charge is 2.19. The van der Waals surface area contributed by atoms with Crippen molar-refractivity contribution < 1.29 is 9.15 Å². The molecule has 2 heterocycles. The average molecular weight is 224 g/mol. The maximum atomic E-state index is 5.60. The van der Waals surface area contributed by atoms with Gasteiger partial charge in [-0.1, -0.05) is 13.8 Å². The van der Waals surface area contributed by atoms with Crippen LogP contribution in [0.3, 0.4) is 0 Å². The molecule has 1 aliphatic rings. The van der Waals surface area contributed by atoms with Crippen LogP contribution in [0.2, 0.25) is 0 Å². The summed E-state index contributed by atoms with van der Waals surface area (Å²) >= 11 is 0. The Labute approximate surface area is 96.4 Å². The minimum Gasteiger partial charge on any atom is -0.448 e. The summed E-state index contributed by atoms with van der Waals surface area (Å²) < 4.78 is 11.0. The topological polar surface area (TPSA) is 47.3 Å². The second kappa shape index (κ2) is 5.46. The molecule has 1 unspecified atom stereocenters. The van der Waals surface area contributed by atoms with Crippen LogP contribution in [0.4, 0.5) is 0 Å². The standard InChI is InChI=1S/C12H20N2O2/c1-9(2)13-7-11-12(16-8-14-11)6-10-4-3-5-15-10/h8-10,13H,3-7H2,1-2H3. The average Bonchev–Trinajstić information content (AvgIpc) is 2.87. The van der Waals surface area contributed by atoms with E-state index in [2.05, 4.69) is 24.1 Å². The van der Waals surface area contributed by atoms with Crippen molar-refractivity contribution in [2.45, 2.75) is 51.8 Å². The van der Waals surface area contributed by atoms with Crippen molar-refractivity contribution in [3.63, 3.8) is 0 Å². The van der Waals surface area contributed by atoms with Gasteiger partial charge < -0.3 is 14.5 Å². The van der Waals surface area contributed by atoms with Gasteiger partial charge in [-0.2, -0.15) is 0 Å². The van der Waals surface area contributed by atoms with Crippen LogP contribution in [0.5, 0.6) is 0 Å². The van der Waals surface area contributed by atoms with Gasteiger partial charge in [-0.05, 0) is 12.8 Å². The summed E-state index contributed by atoms with van der Waals surface area (Å²) in [5.41, 5.74) is 1.02.